The van der Waals surface area contributed by atoms with E-state index < -0.39 is 17.6 Å². The van der Waals surface area contributed by atoms with Crippen LogP contribution in [0, 0.1) is 11.6 Å². The number of benzene rings is 1. The first kappa shape index (κ1) is 16.2. The molecule has 0 atom stereocenters. The largest absolute Gasteiger partial charge is 0.494 e. The van der Waals surface area contributed by atoms with E-state index in [0.717, 1.165) is 16.8 Å². The number of hydrogen-bond donors (Lipinski definition) is 0. The Hall–Kier alpha value is -2.15. The second kappa shape index (κ2) is 6.74. The van der Waals surface area contributed by atoms with E-state index in [-0.39, 0.29) is 28.6 Å². The number of carbonyl (C=O) groups excluding carboxylic acids is 1. The predicted molar refractivity (Wildman–Crippen MR) is 75.2 cm³/mol. The number of aromatic nitrogens is 2. The zero-order valence-corrected chi connectivity index (χ0v) is 12.7. The molecule has 0 bridgehead atoms. The lowest BCUT2D eigenvalue weighted by Gasteiger charge is -2.09. The average Bonchev–Trinajstić information content (AvgIpc) is 2.83. The minimum atomic E-state index is -0.769. The molecule has 0 spiro atoms. The van der Waals surface area contributed by atoms with Crippen LogP contribution >= 0.6 is 11.6 Å². The summed E-state index contributed by atoms with van der Waals surface area (Å²) < 4.78 is 38.7. The molecule has 2 aromatic rings. The molecule has 22 heavy (non-hydrogen) atoms. The molecule has 2 rings (SSSR count). The van der Waals surface area contributed by atoms with E-state index in [9.17, 15) is 13.6 Å². The fourth-order valence-electron chi connectivity index (χ4n) is 1.86. The van der Waals surface area contributed by atoms with Crippen LogP contribution < -0.4 is 4.74 Å². The number of esters is 1. The van der Waals surface area contributed by atoms with E-state index >= 15 is 0 Å². The Labute approximate surface area is 130 Å². The molecule has 1 heterocycles. The SMILES string of the molecule is CCOc1cc(F)c(Cn2cc(Cl)c(C(=O)OC)n2)c(F)c1. The van der Waals surface area contributed by atoms with Crippen LogP contribution in [0.3, 0.4) is 0 Å². The molecule has 0 saturated carbocycles. The molecule has 0 N–H and O–H groups in total. The number of nitrogens with zero attached hydrogens (tertiary/aromatic N) is 2. The van der Waals surface area contributed by atoms with Crippen molar-refractivity contribution >= 4 is 17.6 Å². The van der Waals surface area contributed by atoms with Gasteiger partial charge in [0.25, 0.3) is 0 Å². The fraction of sp³-hybridized carbons (Fsp3) is 0.286. The number of carbonyl (C=O) groups is 1. The van der Waals surface area contributed by atoms with Crippen molar-refractivity contribution in [1.82, 2.24) is 9.78 Å². The number of halogens is 3. The normalized spacial score (nSPS) is 10.6. The minimum Gasteiger partial charge on any atom is -0.494 e. The Morgan fingerprint density at radius 1 is 1.36 bits per heavy atom. The van der Waals surface area contributed by atoms with Crippen LogP contribution in [-0.4, -0.2) is 29.5 Å². The van der Waals surface area contributed by atoms with Crippen molar-refractivity contribution in [3.8, 4) is 5.75 Å². The summed E-state index contributed by atoms with van der Waals surface area (Å²) in [5.74, 6) is -2.16. The molecule has 5 nitrogen and oxygen atoms in total. The van der Waals surface area contributed by atoms with Gasteiger partial charge in [-0.15, -0.1) is 0 Å². The second-order valence-corrected chi connectivity index (χ2v) is 4.72. The van der Waals surface area contributed by atoms with E-state index in [1.807, 2.05) is 0 Å². The Morgan fingerprint density at radius 2 is 2.00 bits per heavy atom. The predicted octanol–water partition coefficient (Wildman–Crippen LogP) is 3.05. The fourth-order valence-corrected chi connectivity index (χ4v) is 2.08. The third-order valence-corrected chi connectivity index (χ3v) is 3.12. The maximum Gasteiger partial charge on any atom is 0.360 e. The Morgan fingerprint density at radius 3 is 2.55 bits per heavy atom. The van der Waals surface area contributed by atoms with Crippen LogP contribution in [-0.2, 0) is 11.3 Å². The summed E-state index contributed by atoms with van der Waals surface area (Å²) in [5, 5.41) is 3.90. The summed E-state index contributed by atoms with van der Waals surface area (Å²) in [6, 6.07) is 2.18. The van der Waals surface area contributed by atoms with E-state index in [4.69, 9.17) is 16.3 Å². The van der Waals surface area contributed by atoms with Gasteiger partial charge in [0.2, 0.25) is 0 Å². The number of hydrogen-bond acceptors (Lipinski definition) is 4. The zero-order chi connectivity index (χ0) is 16.3. The molecule has 0 amide bonds. The van der Waals surface area contributed by atoms with Gasteiger partial charge < -0.3 is 9.47 Å². The van der Waals surface area contributed by atoms with Crippen LogP contribution in [0.2, 0.25) is 5.02 Å². The van der Waals surface area contributed by atoms with Gasteiger partial charge >= 0.3 is 5.97 Å². The summed E-state index contributed by atoms with van der Waals surface area (Å²) in [7, 11) is 1.18. The van der Waals surface area contributed by atoms with Crippen LogP contribution in [0.1, 0.15) is 23.0 Å². The van der Waals surface area contributed by atoms with Crippen molar-refractivity contribution in [2.24, 2.45) is 0 Å². The number of methoxy groups -OCH3 is 1. The molecule has 0 saturated heterocycles. The smallest absolute Gasteiger partial charge is 0.360 e. The number of ether oxygens (including phenoxy) is 2. The summed E-state index contributed by atoms with van der Waals surface area (Å²) in [6.07, 6.45) is 1.29. The van der Waals surface area contributed by atoms with E-state index in [1.165, 1.54) is 13.3 Å². The van der Waals surface area contributed by atoms with Crippen molar-refractivity contribution in [3.63, 3.8) is 0 Å². The third kappa shape index (κ3) is 3.36. The van der Waals surface area contributed by atoms with Gasteiger partial charge in [0.1, 0.15) is 17.4 Å². The van der Waals surface area contributed by atoms with Gasteiger partial charge in [-0.1, -0.05) is 11.6 Å². The van der Waals surface area contributed by atoms with Gasteiger partial charge in [0, 0.05) is 23.9 Å². The first-order valence-corrected chi connectivity index (χ1v) is 6.76. The zero-order valence-electron chi connectivity index (χ0n) is 11.9. The van der Waals surface area contributed by atoms with E-state index in [0.29, 0.717) is 6.61 Å². The minimum absolute atomic E-state index is 0.0404. The van der Waals surface area contributed by atoms with E-state index in [2.05, 4.69) is 9.84 Å². The van der Waals surface area contributed by atoms with Gasteiger partial charge in [-0.3, -0.25) is 4.68 Å². The van der Waals surface area contributed by atoms with Gasteiger partial charge in [-0.2, -0.15) is 5.10 Å². The maximum atomic E-state index is 14.0. The lowest BCUT2D eigenvalue weighted by molar-refractivity contribution is 0.0593. The van der Waals surface area contributed by atoms with Crippen LogP contribution in [0.15, 0.2) is 18.3 Å². The van der Waals surface area contributed by atoms with Crippen molar-refractivity contribution < 1.29 is 23.0 Å². The Kier molecular flexibility index (Phi) is 4.97. The van der Waals surface area contributed by atoms with Gasteiger partial charge in [0.15, 0.2) is 5.69 Å². The monoisotopic (exact) mass is 330 g/mol. The van der Waals surface area contributed by atoms with Crippen LogP contribution in [0.4, 0.5) is 8.78 Å². The first-order valence-electron chi connectivity index (χ1n) is 6.38. The lowest BCUT2D eigenvalue weighted by atomic mass is 10.2. The van der Waals surface area contributed by atoms with Crippen molar-refractivity contribution in [1.29, 1.82) is 0 Å². The van der Waals surface area contributed by atoms with Gasteiger partial charge in [0.05, 0.1) is 25.3 Å². The highest BCUT2D eigenvalue weighted by Gasteiger charge is 2.18. The summed E-state index contributed by atoms with van der Waals surface area (Å²) in [4.78, 5) is 11.4. The molecule has 0 aliphatic rings. The maximum absolute atomic E-state index is 14.0. The highest BCUT2D eigenvalue weighted by atomic mass is 35.5. The molecule has 0 aliphatic carbocycles. The molecule has 0 unspecified atom stereocenters. The Bertz CT molecular complexity index is 680. The number of rotatable bonds is 5. The highest BCUT2D eigenvalue weighted by molar-refractivity contribution is 6.33. The highest BCUT2D eigenvalue weighted by Crippen LogP contribution is 2.23. The molecule has 0 aliphatic heterocycles. The molecular weight excluding hydrogens is 318 g/mol. The van der Waals surface area contributed by atoms with E-state index in [1.54, 1.807) is 6.92 Å². The third-order valence-electron chi connectivity index (χ3n) is 2.84. The molecule has 118 valence electrons. The second-order valence-electron chi connectivity index (χ2n) is 4.31. The topological polar surface area (TPSA) is 53.4 Å². The average molecular weight is 331 g/mol. The summed E-state index contributed by atoms with van der Waals surface area (Å²) >= 11 is 5.84. The Balaban J connectivity index is 2.29. The quantitative estimate of drug-likeness (QED) is 0.791. The molecule has 1 aromatic carbocycles. The molecule has 8 heteroatoms. The molecule has 0 radical (unpaired) electrons. The molecule has 1 aromatic heterocycles. The summed E-state index contributed by atoms with van der Waals surface area (Å²) in [6.45, 7) is 1.79. The van der Waals surface area contributed by atoms with Crippen LogP contribution in [0.5, 0.6) is 5.75 Å². The van der Waals surface area contributed by atoms with Crippen molar-refractivity contribution in [2.75, 3.05) is 13.7 Å². The summed E-state index contributed by atoms with van der Waals surface area (Å²) in [5.41, 5.74) is -0.324. The molecular formula is C14H13ClF2N2O3. The molecule has 0 fully saturated rings. The van der Waals surface area contributed by atoms with Crippen molar-refractivity contribution in [2.45, 2.75) is 13.5 Å². The van der Waals surface area contributed by atoms with Crippen LogP contribution in [0.25, 0.3) is 0 Å². The first-order chi connectivity index (χ1) is 10.5. The van der Waals surface area contributed by atoms with Crippen molar-refractivity contribution in [3.05, 3.63) is 46.2 Å². The van der Waals surface area contributed by atoms with Gasteiger partial charge in [-0.05, 0) is 6.92 Å². The van der Waals surface area contributed by atoms with Gasteiger partial charge in [-0.25, -0.2) is 13.6 Å². The standard InChI is InChI=1S/C14H13ClF2N2O3/c1-3-22-8-4-11(16)9(12(17)5-8)6-19-7-10(15)13(18-19)14(20)21-2/h4-5,7H,3,6H2,1-2H3. The lowest BCUT2D eigenvalue weighted by Crippen LogP contribution is -2.08.